The molecule has 190 valence electrons. The van der Waals surface area contributed by atoms with Crippen LogP contribution >= 0.6 is 0 Å². The normalized spacial score (nSPS) is 13.4. The number of allylic oxidation sites excluding steroid dienone is 1. The number of hydrogen-bond donors (Lipinski definition) is 1. The summed E-state index contributed by atoms with van der Waals surface area (Å²) >= 11 is 0. The van der Waals surface area contributed by atoms with Crippen LogP contribution < -0.4 is 26.4 Å². The van der Waals surface area contributed by atoms with Gasteiger partial charge in [0.15, 0.2) is 11.5 Å². The molecule has 0 unspecified atom stereocenters. The lowest BCUT2D eigenvalue weighted by molar-refractivity contribution is 0.310. The van der Waals surface area contributed by atoms with E-state index in [-0.39, 0.29) is 5.69 Å². The topological polar surface area (TPSA) is 83.8 Å². The van der Waals surface area contributed by atoms with Crippen molar-refractivity contribution in [3.63, 3.8) is 0 Å². The van der Waals surface area contributed by atoms with Gasteiger partial charge in [0.25, 0.3) is 0 Å². The van der Waals surface area contributed by atoms with Crippen molar-refractivity contribution in [3.8, 4) is 22.8 Å². The number of aryl methyl sites for hydroxylation is 4. The van der Waals surface area contributed by atoms with Crippen LogP contribution in [0.5, 0.6) is 11.5 Å². The molecule has 0 spiro atoms. The molecular formula is C29H36N4O3. The highest BCUT2D eigenvalue weighted by molar-refractivity contribution is 5.69. The molecule has 0 fully saturated rings. The molecule has 0 atom stereocenters. The van der Waals surface area contributed by atoms with E-state index in [1.807, 2.05) is 29.7 Å². The Morgan fingerprint density at radius 1 is 1.08 bits per heavy atom. The molecule has 1 aromatic heterocycles. The predicted octanol–water partition coefficient (Wildman–Crippen LogP) is 4.69. The summed E-state index contributed by atoms with van der Waals surface area (Å²) in [5.41, 5.74) is 13.4. The van der Waals surface area contributed by atoms with E-state index in [2.05, 4.69) is 39.0 Å². The van der Waals surface area contributed by atoms with E-state index in [1.54, 1.807) is 11.7 Å². The number of nitrogens with two attached hydrogens (primary N) is 1. The average molecular weight is 489 g/mol. The summed E-state index contributed by atoms with van der Waals surface area (Å²) in [4.78, 5) is 18.9. The van der Waals surface area contributed by atoms with E-state index in [0.29, 0.717) is 37.4 Å². The summed E-state index contributed by atoms with van der Waals surface area (Å²) < 4.78 is 15.1. The largest absolute Gasteiger partial charge is 0.493 e. The number of ether oxygens (including phenoxy) is 2. The zero-order valence-electron chi connectivity index (χ0n) is 21.9. The molecule has 36 heavy (non-hydrogen) atoms. The van der Waals surface area contributed by atoms with Crippen molar-refractivity contribution in [2.75, 3.05) is 13.7 Å². The molecule has 0 amide bonds. The maximum atomic E-state index is 13.9. The highest BCUT2D eigenvalue weighted by atomic mass is 16.5. The lowest BCUT2D eigenvalue weighted by atomic mass is 10.0. The van der Waals surface area contributed by atoms with Gasteiger partial charge in [0.1, 0.15) is 5.49 Å². The Hall–Kier alpha value is -3.74. The third-order valence-electron chi connectivity index (χ3n) is 6.61. The molecule has 1 aliphatic rings. The molecule has 0 radical (unpaired) electrons. The summed E-state index contributed by atoms with van der Waals surface area (Å²) in [5.74, 6) is 1.38. The fraction of sp³-hybridized carbons (Fsp3) is 0.379. The Bertz CT molecular complexity index is 1410. The van der Waals surface area contributed by atoms with Gasteiger partial charge in [0, 0.05) is 24.7 Å². The van der Waals surface area contributed by atoms with Gasteiger partial charge in [-0.15, -0.1) is 0 Å². The standard InChI is InChI=1S/C29H36N4O3/c1-6-36-26-16-22-10-9-13-32-24(23(22)17-25(26)35-5)18-27(33(29(32)34)12-8-7-11-30)31-28-20(3)14-19(2)15-21(28)4/h7,11,14-18H,6,8-10,12-13,30H2,1-5H3/b11-7+,31-27?. The lowest BCUT2D eigenvalue weighted by Gasteiger charge is -2.18. The summed E-state index contributed by atoms with van der Waals surface area (Å²) in [6.45, 7) is 9.85. The Morgan fingerprint density at radius 3 is 2.50 bits per heavy atom. The Kier molecular flexibility index (Phi) is 7.67. The molecule has 2 heterocycles. The monoisotopic (exact) mass is 488 g/mol. The van der Waals surface area contributed by atoms with Crippen molar-refractivity contribution in [3.05, 3.63) is 80.8 Å². The van der Waals surface area contributed by atoms with Gasteiger partial charge in [-0.25, -0.2) is 9.79 Å². The first-order chi connectivity index (χ1) is 17.4. The number of hydrogen-bond acceptors (Lipinski definition) is 5. The second-order valence-electron chi connectivity index (χ2n) is 9.25. The van der Waals surface area contributed by atoms with Crippen LogP contribution in [0.4, 0.5) is 5.69 Å². The van der Waals surface area contributed by atoms with Crippen LogP contribution in [0.1, 0.15) is 42.0 Å². The second kappa shape index (κ2) is 10.9. The zero-order valence-corrected chi connectivity index (χ0v) is 21.9. The van der Waals surface area contributed by atoms with E-state index in [1.165, 1.54) is 11.8 Å². The van der Waals surface area contributed by atoms with Crippen LogP contribution in [0, 0.1) is 20.8 Å². The minimum absolute atomic E-state index is 0.0696. The molecular weight excluding hydrogens is 452 g/mol. The fourth-order valence-corrected chi connectivity index (χ4v) is 5.03. The molecule has 0 aliphatic carbocycles. The van der Waals surface area contributed by atoms with Crippen LogP contribution in [0.3, 0.4) is 0 Å². The van der Waals surface area contributed by atoms with Crippen LogP contribution in [0.15, 0.2) is 52.4 Å². The van der Waals surface area contributed by atoms with Crippen molar-refractivity contribution in [1.82, 2.24) is 9.13 Å². The zero-order chi connectivity index (χ0) is 25.8. The molecule has 0 saturated carbocycles. The van der Waals surface area contributed by atoms with E-state index in [0.717, 1.165) is 52.2 Å². The number of fused-ring (bicyclic) bond motifs is 3. The van der Waals surface area contributed by atoms with Gasteiger partial charge in [-0.1, -0.05) is 23.8 Å². The molecule has 2 aromatic carbocycles. The van der Waals surface area contributed by atoms with Crippen LogP contribution in [0.25, 0.3) is 11.3 Å². The Morgan fingerprint density at radius 2 is 1.83 bits per heavy atom. The van der Waals surface area contributed by atoms with E-state index in [9.17, 15) is 4.79 Å². The minimum Gasteiger partial charge on any atom is -0.493 e. The van der Waals surface area contributed by atoms with Gasteiger partial charge in [0.05, 0.1) is 25.1 Å². The van der Waals surface area contributed by atoms with Gasteiger partial charge < -0.3 is 15.2 Å². The molecule has 3 aromatic rings. The van der Waals surface area contributed by atoms with Gasteiger partial charge in [-0.05, 0) is 82.0 Å². The van der Waals surface area contributed by atoms with Gasteiger partial charge >= 0.3 is 5.69 Å². The summed E-state index contributed by atoms with van der Waals surface area (Å²) in [5, 5.41) is 0. The maximum Gasteiger partial charge on any atom is 0.330 e. The third-order valence-corrected chi connectivity index (χ3v) is 6.61. The predicted molar refractivity (Wildman–Crippen MR) is 144 cm³/mol. The molecule has 4 rings (SSSR count). The van der Waals surface area contributed by atoms with Crippen LogP contribution in [-0.2, 0) is 19.5 Å². The molecule has 0 bridgehead atoms. The average Bonchev–Trinajstić information content (AvgIpc) is 3.02. The number of benzene rings is 2. The number of rotatable bonds is 7. The number of nitrogens with zero attached hydrogens (tertiary/aromatic N) is 3. The molecule has 2 N–H and O–H groups in total. The van der Waals surface area contributed by atoms with Crippen LogP contribution in [-0.4, -0.2) is 22.9 Å². The van der Waals surface area contributed by atoms with Crippen molar-refractivity contribution < 1.29 is 9.47 Å². The number of methoxy groups -OCH3 is 1. The lowest BCUT2D eigenvalue weighted by Crippen LogP contribution is -2.40. The first kappa shape index (κ1) is 25.4. The maximum absolute atomic E-state index is 13.9. The quantitative estimate of drug-likeness (QED) is 0.523. The Balaban J connectivity index is 2.02. The molecule has 7 heteroatoms. The fourth-order valence-electron chi connectivity index (χ4n) is 5.03. The van der Waals surface area contributed by atoms with Crippen molar-refractivity contribution in [1.29, 1.82) is 0 Å². The summed E-state index contributed by atoms with van der Waals surface area (Å²) in [6.07, 6.45) is 5.73. The summed E-state index contributed by atoms with van der Waals surface area (Å²) in [6, 6.07) is 10.3. The summed E-state index contributed by atoms with van der Waals surface area (Å²) in [7, 11) is 1.64. The van der Waals surface area contributed by atoms with Crippen molar-refractivity contribution >= 4 is 5.69 Å². The highest BCUT2D eigenvalue weighted by Gasteiger charge is 2.21. The Labute approximate surface area is 212 Å². The van der Waals surface area contributed by atoms with E-state index in [4.69, 9.17) is 20.2 Å². The van der Waals surface area contributed by atoms with E-state index < -0.39 is 0 Å². The van der Waals surface area contributed by atoms with Gasteiger partial charge in [0.2, 0.25) is 0 Å². The van der Waals surface area contributed by atoms with Gasteiger partial charge in [-0.2, -0.15) is 0 Å². The molecule has 7 nitrogen and oxygen atoms in total. The first-order valence-electron chi connectivity index (χ1n) is 12.6. The number of aromatic nitrogens is 2. The van der Waals surface area contributed by atoms with E-state index >= 15 is 0 Å². The SMILES string of the molecule is CCOc1cc2c(cc1OC)-c1cc(=Nc3c(C)cc(C)cc3C)n(CC/C=C/N)c(=O)n1CCC2. The molecule has 0 saturated heterocycles. The third kappa shape index (κ3) is 4.96. The van der Waals surface area contributed by atoms with Gasteiger partial charge in [-0.3, -0.25) is 9.13 Å². The second-order valence-corrected chi connectivity index (χ2v) is 9.25. The molecule has 1 aliphatic heterocycles. The minimum atomic E-state index is -0.0696. The first-order valence-corrected chi connectivity index (χ1v) is 12.6. The van der Waals surface area contributed by atoms with Crippen molar-refractivity contribution in [2.24, 2.45) is 10.7 Å². The highest BCUT2D eigenvalue weighted by Crippen LogP contribution is 2.37. The van der Waals surface area contributed by atoms with Crippen molar-refractivity contribution in [2.45, 2.75) is 60.0 Å². The van der Waals surface area contributed by atoms with Crippen LogP contribution in [0.2, 0.25) is 0 Å². The smallest absolute Gasteiger partial charge is 0.330 e.